The normalized spacial score (nSPS) is 12.2. The van der Waals surface area contributed by atoms with Gasteiger partial charge >= 0.3 is 5.97 Å². The number of carbonyl (C=O) groups is 2. The molecule has 0 aliphatic heterocycles. The largest absolute Gasteiger partial charge is 0.480 e. The number of nitrogens with one attached hydrogen (secondary N) is 1. The number of aryl methyl sites for hydroxylation is 1. The minimum absolute atomic E-state index is 0.271. The van der Waals surface area contributed by atoms with Gasteiger partial charge in [-0.15, -0.1) is 0 Å². The lowest BCUT2D eigenvalue weighted by atomic mass is 10.2. The van der Waals surface area contributed by atoms with E-state index in [1.807, 2.05) is 0 Å². The lowest BCUT2D eigenvalue weighted by Gasteiger charge is -2.20. The first kappa shape index (κ1) is 12.2. The van der Waals surface area contributed by atoms with E-state index in [1.165, 1.54) is 14.0 Å². The highest BCUT2D eigenvalue weighted by Crippen LogP contribution is 2.12. The summed E-state index contributed by atoms with van der Waals surface area (Å²) in [6.07, 6.45) is 0. The molecule has 1 heterocycles. The van der Waals surface area contributed by atoms with E-state index < -0.39 is 17.9 Å². The summed E-state index contributed by atoms with van der Waals surface area (Å²) in [7, 11) is 1.45. The molecule has 0 fully saturated rings. The van der Waals surface area contributed by atoms with Crippen molar-refractivity contribution in [2.75, 3.05) is 7.05 Å². The molecule has 1 aromatic rings. The average molecular weight is 225 g/mol. The molecule has 2 N–H and O–H groups in total. The number of carboxylic acid groups (broad SMARTS) is 1. The maximum Gasteiger partial charge on any atom is 0.326 e. The maximum absolute atomic E-state index is 11.9. The van der Waals surface area contributed by atoms with Gasteiger partial charge < -0.3 is 10.0 Å². The third kappa shape index (κ3) is 2.05. The molecule has 0 aliphatic rings. The van der Waals surface area contributed by atoms with Crippen molar-refractivity contribution in [2.24, 2.45) is 0 Å². The number of carboxylic acids is 1. The highest BCUT2D eigenvalue weighted by molar-refractivity contribution is 5.96. The number of nitrogens with zero attached hydrogens (tertiary/aromatic N) is 2. The molecule has 0 aromatic carbocycles. The summed E-state index contributed by atoms with van der Waals surface area (Å²) in [5, 5.41) is 15.4. The predicted molar refractivity (Wildman–Crippen MR) is 57.3 cm³/mol. The lowest BCUT2D eigenvalue weighted by Crippen LogP contribution is -2.40. The number of rotatable bonds is 3. The zero-order valence-electron chi connectivity index (χ0n) is 9.74. The number of aromatic amines is 1. The van der Waals surface area contributed by atoms with Crippen molar-refractivity contribution in [2.45, 2.75) is 26.8 Å². The Kier molecular flexibility index (Phi) is 3.31. The Morgan fingerprint density at radius 1 is 1.44 bits per heavy atom. The molecule has 0 radical (unpaired) electrons. The van der Waals surface area contributed by atoms with E-state index in [-0.39, 0.29) is 5.69 Å². The van der Waals surface area contributed by atoms with Gasteiger partial charge in [0.05, 0.1) is 0 Å². The fourth-order valence-corrected chi connectivity index (χ4v) is 1.20. The van der Waals surface area contributed by atoms with Crippen LogP contribution in [0.25, 0.3) is 0 Å². The first-order valence-corrected chi connectivity index (χ1v) is 4.87. The van der Waals surface area contributed by atoms with Crippen molar-refractivity contribution in [3.63, 3.8) is 0 Å². The van der Waals surface area contributed by atoms with E-state index >= 15 is 0 Å². The van der Waals surface area contributed by atoms with Gasteiger partial charge in [-0.25, -0.2) is 4.79 Å². The molecule has 0 aliphatic carbocycles. The topological polar surface area (TPSA) is 86.3 Å². The quantitative estimate of drug-likeness (QED) is 0.787. The summed E-state index contributed by atoms with van der Waals surface area (Å²) in [6.45, 7) is 5.03. The number of hydrogen-bond donors (Lipinski definition) is 2. The van der Waals surface area contributed by atoms with Crippen molar-refractivity contribution >= 4 is 11.9 Å². The number of carbonyl (C=O) groups excluding carboxylic acids is 1. The molecule has 0 spiro atoms. The molecule has 1 unspecified atom stereocenters. The minimum Gasteiger partial charge on any atom is -0.480 e. The Morgan fingerprint density at radius 3 is 2.38 bits per heavy atom. The highest BCUT2D eigenvalue weighted by Gasteiger charge is 2.25. The number of aliphatic carboxylic acids is 1. The number of aromatic nitrogens is 2. The second kappa shape index (κ2) is 4.34. The summed E-state index contributed by atoms with van der Waals surface area (Å²) in [5.74, 6) is -1.43. The van der Waals surface area contributed by atoms with Crippen LogP contribution in [0, 0.1) is 13.8 Å². The lowest BCUT2D eigenvalue weighted by molar-refractivity contribution is -0.141. The molecule has 1 amide bonds. The molecule has 16 heavy (non-hydrogen) atoms. The molecule has 88 valence electrons. The zero-order chi connectivity index (χ0) is 12.5. The standard InChI is InChI=1S/C10H15N3O3/c1-5-6(2)11-12-8(5)9(14)13(4)7(3)10(15)16/h7H,1-4H3,(H,11,12)(H,15,16). The van der Waals surface area contributed by atoms with Crippen LogP contribution in [-0.4, -0.2) is 45.2 Å². The monoisotopic (exact) mass is 225 g/mol. The van der Waals surface area contributed by atoms with Crippen LogP contribution in [0.4, 0.5) is 0 Å². The van der Waals surface area contributed by atoms with Crippen LogP contribution >= 0.6 is 0 Å². The third-order valence-electron chi connectivity index (χ3n) is 2.71. The van der Waals surface area contributed by atoms with Crippen LogP contribution in [0.3, 0.4) is 0 Å². The minimum atomic E-state index is -1.04. The zero-order valence-corrected chi connectivity index (χ0v) is 9.74. The van der Waals surface area contributed by atoms with Gasteiger partial charge in [-0.05, 0) is 20.8 Å². The van der Waals surface area contributed by atoms with Gasteiger partial charge in [0.15, 0.2) is 5.69 Å². The van der Waals surface area contributed by atoms with E-state index in [0.29, 0.717) is 0 Å². The Bertz CT molecular complexity index is 425. The van der Waals surface area contributed by atoms with Gasteiger partial charge in [0.2, 0.25) is 0 Å². The van der Waals surface area contributed by atoms with E-state index in [0.717, 1.165) is 16.2 Å². The Labute approximate surface area is 93.3 Å². The molecule has 1 aromatic heterocycles. The van der Waals surface area contributed by atoms with Crippen LogP contribution < -0.4 is 0 Å². The molecular weight excluding hydrogens is 210 g/mol. The van der Waals surface area contributed by atoms with Gasteiger partial charge in [0.25, 0.3) is 5.91 Å². The molecular formula is C10H15N3O3. The van der Waals surface area contributed by atoms with E-state index in [4.69, 9.17) is 5.11 Å². The third-order valence-corrected chi connectivity index (χ3v) is 2.71. The molecule has 1 rings (SSSR count). The number of hydrogen-bond acceptors (Lipinski definition) is 3. The number of likely N-dealkylation sites (N-methyl/N-ethyl adjacent to an activating group) is 1. The van der Waals surface area contributed by atoms with Gasteiger partial charge in [-0.2, -0.15) is 5.10 Å². The van der Waals surface area contributed by atoms with E-state index in [9.17, 15) is 9.59 Å². The Morgan fingerprint density at radius 2 is 2.00 bits per heavy atom. The summed E-state index contributed by atoms with van der Waals surface area (Å²) < 4.78 is 0. The Hall–Kier alpha value is -1.85. The molecule has 1 atom stereocenters. The average Bonchev–Trinajstić information content (AvgIpc) is 2.56. The summed E-state index contributed by atoms with van der Waals surface area (Å²) in [6, 6.07) is -0.871. The SMILES string of the molecule is Cc1[nH]nc(C(=O)N(C)C(C)C(=O)O)c1C. The van der Waals surface area contributed by atoms with Crippen molar-refractivity contribution in [1.29, 1.82) is 0 Å². The molecule has 0 bridgehead atoms. The Balaban J connectivity index is 2.95. The van der Waals surface area contributed by atoms with Crippen molar-refractivity contribution in [3.8, 4) is 0 Å². The van der Waals surface area contributed by atoms with Gasteiger partial charge in [0, 0.05) is 18.3 Å². The van der Waals surface area contributed by atoms with Crippen LogP contribution in [0.1, 0.15) is 28.7 Å². The van der Waals surface area contributed by atoms with Crippen LogP contribution in [0.15, 0.2) is 0 Å². The van der Waals surface area contributed by atoms with Crippen molar-refractivity contribution in [1.82, 2.24) is 15.1 Å². The second-order valence-corrected chi connectivity index (χ2v) is 3.75. The highest BCUT2D eigenvalue weighted by atomic mass is 16.4. The number of amides is 1. The van der Waals surface area contributed by atoms with Crippen LogP contribution in [0.5, 0.6) is 0 Å². The molecule has 0 saturated heterocycles. The summed E-state index contributed by atoms with van der Waals surface area (Å²) >= 11 is 0. The van der Waals surface area contributed by atoms with E-state index in [2.05, 4.69) is 10.2 Å². The summed E-state index contributed by atoms with van der Waals surface area (Å²) in [5.41, 5.74) is 1.82. The molecule has 6 heteroatoms. The van der Waals surface area contributed by atoms with Crippen molar-refractivity contribution in [3.05, 3.63) is 17.0 Å². The smallest absolute Gasteiger partial charge is 0.326 e. The van der Waals surface area contributed by atoms with Gasteiger partial charge in [-0.1, -0.05) is 0 Å². The van der Waals surface area contributed by atoms with E-state index in [1.54, 1.807) is 13.8 Å². The summed E-state index contributed by atoms with van der Waals surface area (Å²) in [4.78, 5) is 23.8. The molecule has 0 saturated carbocycles. The van der Waals surface area contributed by atoms with Gasteiger partial charge in [0.1, 0.15) is 6.04 Å². The van der Waals surface area contributed by atoms with Crippen LogP contribution in [0.2, 0.25) is 0 Å². The number of H-pyrrole nitrogens is 1. The van der Waals surface area contributed by atoms with Gasteiger partial charge in [-0.3, -0.25) is 9.89 Å². The van der Waals surface area contributed by atoms with Crippen molar-refractivity contribution < 1.29 is 14.7 Å². The molecule has 6 nitrogen and oxygen atoms in total. The first-order valence-electron chi connectivity index (χ1n) is 4.87. The fourth-order valence-electron chi connectivity index (χ4n) is 1.20. The van der Waals surface area contributed by atoms with Crippen LogP contribution in [-0.2, 0) is 4.79 Å². The predicted octanol–water partition coefficient (Wildman–Crippen LogP) is 0.572. The first-order chi connectivity index (χ1) is 7.36. The second-order valence-electron chi connectivity index (χ2n) is 3.75. The fraction of sp³-hybridized carbons (Fsp3) is 0.500. The maximum atomic E-state index is 11.9.